The summed E-state index contributed by atoms with van der Waals surface area (Å²) >= 11 is 0. The van der Waals surface area contributed by atoms with Gasteiger partial charge in [-0.25, -0.2) is 9.97 Å². The van der Waals surface area contributed by atoms with Crippen LogP contribution in [0.4, 0.5) is 0 Å². The van der Waals surface area contributed by atoms with Crippen LogP contribution in [0.25, 0.3) is 0 Å². The van der Waals surface area contributed by atoms with Gasteiger partial charge in [-0.15, -0.1) is 0 Å². The molecule has 6 nitrogen and oxygen atoms in total. The Kier molecular flexibility index (Phi) is 6.72. The first-order valence-corrected chi connectivity index (χ1v) is 11.3. The minimum atomic E-state index is 0.105. The molecule has 1 aliphatic heterocycles. The smallest absolute Gasteiger partial charge is 0.224 e. The van der Waals surface area contributed by atoms with Crippen LogP contribution in [0.1, 0.15) is 72.8 Å². The van der Waals surface area contributed by atoms with E-state index in [1.807, 2.05) is 26.2 Å². The molecule has 1 atom stereocenters. The third-order valence-electron chi connectivity index (χ3n) is 6.54. The molecule has 6 heteroatoms. The zero-order valence-electron chi connectivity index (χ0n) is 18.2. The van der Waals surface area contributed by atoms with Crippen molar-refractivity contribution in [2.45, 2.75) is 77.3 Å². The zero-order valence-corrected chi connectivity index (χ0v) is 18.2. The largest absolute Gasteiger partial charge is 0.353 e. The van der Waals surface area contributed by atoms with E-state index >= 15 is 0 Å². The van der Waals surface area contributed by atoms with Crippen LogP contribution in [0.2, 0.25) is 0 Å². The van der Waals surface area contributed by atoms with E-state index < -0.39 is 0 Å². The maximum Gasteiger partial charge on any atom is 0.224 e. The number of hydrogen-bond donors (Lipinski definition) is 1. The number of amides is 1. The van der Waals surface area contributed by atoms with E-state index in [-0.39, 0.29) is 5.91 Å². The van der Waals surface area contributed by atoms with Gasteiger partial charge in [-0.2, -0.15) is 0 Å². The molecule has 1 amide bonds. The molecular weight excluding hydrogens is 374 g/mol. The molecule has 2 aromatic heterocycles. The van der Waals surface area contributed by atoms with Crippen LogP contribution in [0.3, 0.4) is 0 Å². The van der Waals surface area contributed by atoms with E-state index in [9.17, 15) is 4.79 Å². The first-order chi connectivity index (χ1) is 14.6. The van der Waals surface area contributed by atoms with Gasteiger partial charge in [0.1, 0.15) is 5.82 Å². The minimum absolute atomic E-state index is 0.105. The van der Waals surface area contributed by atoms with Gasteiger partial charge in [-0.1, -0.05) is 19.3 Å². The number of rotatable bonds is 6. The lowest BCUT2D eigenvalue weighted by atomic mass is 9.95. The van der Waals surface area contributed by atoms with Crippen molar-refractivity contribution < 1.29 is 4.79 Å². The number of likely N-dealkylation sites (tertiary alicyclic amines) is 1. The first kappa shape index (κ1) is 20.9. The highest BCUT2D eigenvalue weighted by molar-refractivity contribution is 5.79. The van der Waals surface area contributed by atoms with Crippen LogP contribution in [-0.2, 0) is 17.8 Å². The average molecular weight is 408 g/mol. The highest BCUT2D eigenvalue weighted by atomic mass is 16.1. The lowest BCUT2D eigenvalue weighted by Gasteiger charge is -2.23. The van der Waals surface area contributed by atoms with Crippen molar-refractivity contribution >= 4 is 5.91 Å². The summed E-state index contributed by atoms with van der Waals surface area (Å²) in [5.41, 5.74) is 4.17. The third kappa shape index (κ3) is 5.22. The number of nitrogens with one attached hydrogen (secondary N) is 1. The Morgan fingerprint density at radius 3 is 2.47 bits per heavy atom. The predicted octanol–water partition coefficient (Wildman–Crippen LogP) is 3.47. The molecule has 1 saturated heterocycles. The molecule has 1 N–H and O–H groups in total. The van der Waals surface area contributed by atoms with Gasteiger partial charge in [-0.05, 0) is 57.4 Å². The molecule has 1 aliphatic carbocycles. The Balaban J connectivity index is 1.37. The topological polar surface area (TPSA) is 71.0 Å². The van der Waals surface area contributed by atoms with Crippen LogP contribution in [-0.4, -0.2) is 44.9 Å². The Labute approximate surface area is 179 Å². The summed E-state index contributed by atoms with van der Waals surface area (Å²) in [6.45, 7) is 7.01. The number of carbonyl (C=O) groups excluding carboxylic acids is 1. The van der Waals surface area contributed by atoms with Gasteiger partial charge in [0.25, 0.3) is 0 Å². The van der Waals surface area contributed by atoms with Gasteiger partial charge in [0.05, 0.1) is 6.42 Å². The highest BCUT2D eigenvalue weighted by Crippen LogP contribution is 2.27. The molecule has 30 heavy (non-hydrogen) atoms. The summed E-state index contributed by atoms with van der Waals surface area (Å²) in [4.78, 5) is 28.8. The summed E-state index contributed by atoms with van der Waals surface area (Å²) in [6.07, 6.45) is 11.1. The summed E-state index contributed by atoms with van der Waals surface area (Å²) in [5.74, 6) is 1.39. The van der Waals surface area contributed by atoms with Gasteiger partial charge in [0, 0.05) is 54.4 Å². The van der Waals surface area contributed by atoms with E-state index in [4.69, 9.17) is 9.97 Å². The van der Waals surface area contributed by atoms with Gasteiger partial charge in [0.15, 0.2) is 0 Å². The van der Waals surface area contributed by atoms with E-state index in [0.717, 1.165) is 61.7 Å². The normalized spacial score (nSPS) is 20.4. The second-order valence-corrected chi connectivity index (χ2v) is 8.89. The van der Waals surface area contributed by atoms with Crippen molar-refractivity contribution in [3.8, 4) is 0 Å². The Morgan fingerprint density at radius 1 is 1.07 bits per heavy atom. The summed E-state index contributed by atoms with van der Waals surface area (Å²) in [7, 11) is 0. The van der Waals surface area contributed by atoms with Crippen molar-refractivity contribution in [1.82, 2.24) is 25.2 Å². The second-order valence-electron chi connectivity index (χ2n) is 8.89. The fraction of sp³-hybridized carbons (Fsp3) is 0.583. The quantitative estimate of drug-likeness (QED) is 0.794. The molecule has 0 radical (unpaired) electrons. The van der Waals surface area contributed by atoms with Crippen LogP contribution < -0.4 is 5.32 Å². The number of aryl methyl sites for hydroxylation is 2. The van der Waals surface area contributed by atoms with Crippen molar-refractivity contribution in [2.24, 2.45) is 0 Å². The maximum atomic E-state index is 12.6. The van der Waals surface area contributed by atoms with Crippen molar-refractivity contribution in [3.05, 3.63) is 52.9 Å². The fourth-order valence-corrected chi connectivity index (χ4v) is 4.82. The average Bonchev–Trinajstić information content (AvgIpc) is 3.20. The molecule has 160 valence electrons. The third-order valence-corrected chi connectivity index (χ3v) is 6.54. The SMILES string of the molecule is Cc1nc(C2CCN(Cc3ccncc3)C2)nc(C)c1CC(=O)NC1CCCCC1. The van der Waals surface area contributed by atoms with E-state index in [1.54, 1.807) is 0 Å². The number of aromatic nitrogens is 3. The standard InChI is InChI=1S/C24H33N5O/c1-17-22(14-23(30)28-21-6-4-3-5-7-21)18(2)27-24(26-17)20-10-13-29(16-20)15-19-8-11-25-12-9-19/h8-9,11-12,20-21H,3-7,10,13-16H2,1-2H3,(H,28,30). The van der Waals surface area contributed by atoms with Gasteiger partial charge in [0.2, 0.25) is 5.91 Å². The number of nitrogens with zero attached hydrogens (tertiary/aromatic N) is 4. The summed E-state index contributed by atoms with van der Waals surface area (Å²) in [5, 5.41) is 3.21. The van der Waals surface area contributed by atoms with Gasteiger partial charge >= 0.3 is 0 Å². The monoisotopic (exact) mass is 407 g/mol. The Hall–Kier alpha value is -2.34. The molecule has 1 saturated carbocycles. The molecule has 0 spiro atoms. The van der Waals surface area contributed by atoms with Gasteiger partial charge < -0.3 is 5.32 Å². The molecular formula is C24H33N5O. The molecule has 2 aromatic rings. The van der Waals surface area contributed by atoms with E-state index in [2.05, 4.69) is 27.3 Å². The van der Waals surface area contributed by atoms with Crippen molar-refractivity contribution in [1.29, 1.82) is 0 Å². The van der Waals surface area contributed by atoms with Crippen LogP contribution >= 0.6 is 0 Å². The number of carbonyl (C=O) groups is 1. The first-order valence-electron chi connectivity index (χ1n) is 11.3. The van der Waals surface area contributed by atoms with Crippen molar-refractivity contribution in [3.63, 3.8) is 0 Å². The minimum Gasteiger partial charge on any atom is -0.353 e. The predicted molar refractivity (Wildman–Crippen MR) is 117 cm³/mol. The molecule has 4 rings (SSSR count). The molecule has 1 unspecified atom stereocenters. The molecule has 0 aromatic carbocycles. The van der Waals surface area contributed by atoms with E-state index in [0.29, 0.717) is 18.4 Å². The molecule has 2 aliphatic rings. The molecule has 3 heterocycles. The fourth-order valence-electron chi connectivity index (χ4n) is 4.82. The second kappa shape index (κ2) is 9.65. The van der Waals surface area contributed by atoms with Crippen LogP contribution in [0.15, 0.2) is 24.5 Å². The van der Waals surface area contributed by atoms with E-state index in [1.165, 1.54) is 24.8 Å². The Bertz CT molecular complexity index is 840. The number of pyridine rings is 1. The van der Waals surface area contributed by atoms with Crippen LogP contribution in [0.5, 0.6) is 0 Å². The summed E-state index contributed by atoms with van der Waals surface area (Å²) in [6, 6.07) is 4.49. The number of hydrogen-bond acceptors (Lipinski definition) is 5. The van der Waals surface area contributed by atoms with Crippen LogP contribution in [0, 0.1) is 13.8 Å². The highest BCUT2D eigenvalue weighted by Gasteiger charge is 2.27. The zero-order chi connectivity index (χ0) is 20.9. The maximum absolute atomic E-state index is 12.6. The Morgan fingerprint density at radius 2 is 1.77 bits per heavy atom. The lowest BCUT2D eigenvalue weighted by Crippen LogP contribution is -2.37. The molecule has 0 bridgehead atoms. The summed E-state index contributed by atoms with van der Waals surface area (Å²) < 4.78 is 0. The van der Waals surface area contributed by atoms with Crippen molar-refractivity contribution in [2.75, 3.05) is 13.1 Å². The van der Waals surface area contributed by atoms with Gasteiger partial charge in [-0.3, -0.25) is 14.7 Å². The lowest BCUT2D eigenvalue weighted by molar-refractivity contribution is -0.121. The molecule has 2 fully saturated rings.